The van der Waals surface area contributed by atoms with Gasteiger partial charge in [-0.25, -0.2) is 0 Å². The highest BCUT2D eigenvalue weighted by Crippen LogP contribution is 2.35. The molecule has 3 heteroatoms. The summed E-state index contributed by atoms with van der Waals surface area (Å²) in [5.74, 6) is 0.871. The van der Waals surface area contributed by atoms with Crippen molar-refractivity contribution in [3.8, 4) is 0 Å². The van der Waals surface area contributed by atoms with E-state index in [4.69, 9.17) is 5.73 Å². The van der Waals surface area contributed by atoms with E-state index in [-0.39, 0.29) is 0 Å². The molecular weight excluding hydrogens is 234 g/mol. The second-order valence-electron chi connectivity index (χ2n) is 7.23. The summed E-state index contributed by atoms with van der Waals surface area (Å²) in [5, 5.41) is 0. The predicted molar refractivity (Wildman–Crippen MR) is 82.3 cm³/mol. The number of rotatable bonds is 5. The van der Waals surface area contributed by atoms with Crippen LogP contribution >= 0.6 is 0 Å². The summed E-state index contributed by atoms with van der Waals surface area (Å²) in [4.78, 5) is 5.03. The fourth-order valence-corrected chi connectivity index (χ4v) is 4.16. The standard InChI is InChI=1S/C16H33N3/c1-18-10-7-15(11-18)12-19(2)14-16(13-17)8-5-3-4-6-9-16/h15H,3-14,17H2,1-2H3. The summed E-state index contributed by atoms with van der Waals surface area (Å²) >= 11 is 0. The second kappa shape index (κ2) is 7.05. The molecule has 0 aromatic heterocycles. The molecule has 1 aliphatic heterocycles. The first kappa shape index (κ1) is 15.3. The van der Waals surface area contributed by atoms with Gasteiger partial charge in [0.25, 0.3) is 0 Å². The Morgan fingerprint density at radius 3 is 2.42 bits per heavy atom. The third-order valence-electron chi connectivity index (χ3n) is 5.26. The van der Waals surface area contributed by atoms with E-state index in [1.165, 1.54) is 71.1 Å². The quantitative estimate of drug-likeness (QED) is 0.775. The minimum atomic E-state index is 0.412. The van der Waals surface area contributed by atoms with Crippen molar-refractivity contribution in [2.75, 3.05) is 46.8 Å². The van der Waals surface area contributed by atoms with E-state index >= 15 is 0 Å². The lowest BCUT2D eigenvalue weighted by Gasteiger charge is -2.36. The van der Waals surface area contributed by atoms with Crippen LogP contribution in [0.15, 0.2) is 0 Å². The zero-order chi connectivity index (χ0) is 13.7. The maximum absolute atomic E-state index is 6.15. The maximum atomic E-state index is 6.15. The maximum Gasteiger partial charge on any atom is 0.00471 e. The largest absolute Gasteiger partial charge is 0.330 e. The number of nitrogens with zero attached hydrogens (tertiary/aromatic N) is 2. The first-order valence-electron chi connectivity index (χ1n) is 8.21. The zero-order valence-electron chi connectivity index (χ0n) is 13.0. The lowest BCUT2D eigenvalue weighted by Crippen LogP contribution is -2.42. The molecule has 1 aliphatic carbocycles. The van der Waals surface area contributed by atoms with E-state index in [1.54, 1.807) is 0 Å². The topological polar surface area (TPSA) is 32.5 Å². The molecule has 1 saturated carbocycles. The van der Waals surface area contributed by atoms with Gasteiger partial charge in [-0.3, -0.25) is 0 Å². The van der Waals surface area contributed by atoms with E-state index in [1.807, 2.05) is 0 Å². The Kier molecular flexibility index (Phi) is 5.67. The van der Waals surface area contributed by atoms with E-state index < -0.39 is 0 Å². The van der Waals surface area contributed by atoms with E-state index in [9.17, 15) is 0 Å². The average molecular weight is 267 g/mol. The molecule has 2 aliphatic rings. The van der Waals surface area contributed by atoms with Crippen molar-refractivity contribution in [3.63, 3.8) is 0 Å². The molecule has 0 bridgehead atoms. The lowest BCUT2D eigenvalue weighted by molar-refractivity contribution is 0.144. The highest BCUT2D eigenvalue weighted by molar-refractivity contribution is 4.86. The Bertz CT molecular complexity index is 259. The lowest BCUT2D eigenvalue weighted by atomic mass is 9.80. The average Bonchev–Trinajstić information content (AvgIpc) is 2.65. The van der Waals surface area contributed by atoms with Crippen molar-refractivity contribution in [2.24, 2.45) is 17.1 Å². The highest BCUT2D eigenvalue weighted by Gasteiger charge is 2.31. The van der Waals surface area contributed by atoms with Gasteiger partial charge in [0.05, 0.1) is 0 Å². The van der Waals surface area contributed by atoms with Crippen LogP contribution in [0.4, 0.5) is 0 Å². The SMILES string of the molecule is CN1CCC(CN(C)CC2(CN)CCCCCC2)C1. The van der Waals surface area contributed by atoms with Gasteiger partial charge in [-0.1, -0.05) is 25.7 Å². The van der Waals surface area contributed by atoms with Gasteiger partial charge in [-0.05, 0) is 57.8 Å². The van der Waals surface area contributed by atoms with Crippen LogP contribution in [0.2, 0.25) is 0 Å². The molecule has 3 nitrogen and oxygen atoms in total. The number of hydrogen-bond acceptors (Lipinski definition) is 3. The Morgan fingerprint density at radius 1 is 1.21 bits per heavy atom. The van der Waals surface area contributed by atoms with Crippen LogP contribution in [-0.2, 0) is 0 Å². The van der Waals surface area contributed by atoms with Crippen LogP contribution in [0.5, 0.6) is 0 Å². The van der Waals surface area contributed by atoms with E-state index in [0.29, 0.717) is 5.41 Å². The first-order chi connectivity index (χ1) is 9.13. The van der Waals surface area contributed by atoms with E-state index in [2.05, 4.69) is 23.9 Å². The molecule has 1 heterocycles. The van der Waals surface area contributed by atoms with Gasteiger partial charge in [0, 0.05) is 19.6 Å². The molecule has 0 aromatic carbocycles. The van der Waals surface area contributed by atoms with E-state index in [0.717, 1.165) is 12.5 Å². The fourth-order valence-electron chi connectivity index (χ4n) is 4.16. The monoisotopic (exact) mass is 267 g/mol. The molecule has 0 radical (unpaired) electrons. The molecule has 112 valence electrons. The summed E-state index contributed by atoms with van der Waals surface area (Å²) in [6, 6.07) is 0. The fraction of sp³-hybridized carbons (Fsp3) is 1.00. The van der Waals surface area contributed by atoms with Gasteiger partial charge in [0.15, 0.2) is 0 Å². The van der Waals surface area contributed by atoms with Crippen LogP contribution in [-0.4, -0.2) is 56.6 Å². The summed E-state index contributed by atoms with van der Waals surface area (Å²) in [6.07, 6.45) is 9.67. The Labute approximate surface area is 119 Å². The molecule has 19 heavy (non-hydrogen) atoms. The smallest absolute Gasteiger partial charge is 0.00471 e. The molecule has 2 rings (SSSR count). The summed E-state index contributed by atoms with van der Waals surface area (Å²) in [5.41, 5.74) is 6.56. The number of nitrogens with two attached hydrogens (primary N) is 1. The summed E-state index contributed by atoms with van der Waals surface area (Å²) in [6.45, 7) is 5.90. The molecule has 2 fully saturated rings. The minimum absolute atomic E-state index is 0.412. The van der Waals surface area contributed by atoms with Crippen molar-refractivity contribution in [3.05, 3.63) is 0 Å². The molecule has 1 saturated heterocycles. The second-order valence-corrected chi connectivity index (χ2v) is 7.23. The molecule has 0 amide bonds. The third kappa shape index (κ3) is 4.44. The van der Waals surface area contributed by atoms with Crippen LogP contribution in [0.25, 0.3) is 0 Å². The van der Waals surface area contributed by atoms with Crippen molar-refractivity contribution in [1.82, 2.24) is 9.80 Å². The number of hydrogen-bond donors (Lipinski definition) is 1. The molecule has 0 aromatic rings. The molecular formula is C16H33N3. The third-order valence-corrected chi connectivity index (χ3v) is 5.26. The molecule has 2 N–H and O–H groups in total. The zero-order valence-corrected chi connectivity index (χ0v) is 13.0. The highest BCUT2D eigenvalue weighted by atomic mass is 15.2. The van der Waals surface area contributed by atoms with Crippen molar-refractivity contribution >= 4 is 0 Å². The summed E-state index contributed by atoms with van der Waals surface area (Å²) < 4.78 is 0. The Hall–Kier alpha value is -0.120. The van der Waals surface area contributed by atoms with Gasteiger partial charge < -0.3 is 15.5 Å². The van der Waals surface area contributed by atoms with Gasteiger partial charge in [0.2, 0.25) is 0 Å². The van der Waals surface area contributed by atoms with Crippen LogP contribution in [0.3, 0.4) is 0 Å². The Morgan fingerprint density at radius 2 is 1.89 bits per heavy atom. The van der Waals surface area contributed by atoms with Crippen LogP contribution in [0.1, 0.15) is 44.9 Å². The molecule has 1 unspecified atom stereocenters. The first-order valence-corrected chi connectivity index (χ1v) is 8.21. The van der Waals surface area contributed by atoms with Gasteiger partial charge in [0.1, 0.15) is 0 Å². The predicted octanol–water partition coefficient (Wildman–Crippen LogP) is 2.17. The van der Waals surface area contributed by atoms with Crippen LogP contribution < -0.4 is 5.73 Å². The number of likely N-dealkylation sites (tertiary alicyclic amines) is 1. The normalized spacial score (nSPS) is 28.7. The van der Waals surface area contributed by atoms with Crippen molar-refractivity contribution in [2.45, 2.75) is 44.9 Å². The molecule has 1 atom stereocenters. The summed E-state index contributed by atoms with van der Waals surface area (Å²) in [7, 11) is 4.55. The van der Waals surface area contributed by atoms with Crippen molar-refractivity contribution in [1.29, 1.82) is 0 Å². The van der Waals surface area contributed by atoms with Gasteiger partial charge in [-0.2, -0.15) is 0 Å². The Balaban J connectivity index is 1.82. The van der Waals surface area contributed by atoms with Crippen molar-refractivity contribution < 1.29 is 0 Å². The van der Waals surface area contributed by atoms with Gasteiger partial charge >= 0.3 is 0 Å². The molecule has 0 spiro atoms. The minimum Gasteiger partial charge on any atom is -0.330 e. The van der Waals surface area contributed by atoms with Gasteiger partial charge in [-0.15, -0.1) is 0 Å². The van der Waals surface area contributed by atoms with Crippen LogP contribution in [0, 0.1) is 11.3 Å².